The molecule has 4 rings (SSSR count). The van der Waals surface area contributed by atoms with Gasteiger partial charge in [0.1, 0.15) is 5.82 Å². The number of H-pyrrole nitrogens is 1. The Kier molecular flexibility index (Phi) is 5.77. The predicted molar refractivity (Wildman–Crippen MR) is 115 cm³/mol. The third-order valence-electron chi connectivity index (χ3n) is 6.79. The van der Waals surface area contributed by atoms with Crippen molar-refractivity contribution in [3.05, 3.63) is 44.4 Å². The van der Waals surface area contributed by atoms with Crippen LogP contribution in [-0.4, -0.2) is 62.1 Å². The Morgan fingerprint density at radius 3 is 2.57 bits per heavy atom. The highest BCUT2D eigenvalue weighted by Crippen LogP contribution is 2.26. The maximum absolute atomic E-state index is 12.7. The summed E-state index contributed by atoms with van der Waals surface area (Å²) in [6, 6.07) is 0. The molecule has 0 aliphatic carbocycles. The molecule has 1 N–H and O–H groups in total. The number of hydrogen-bond donors (Lipinski definition) is 1. The summed E-state index contributed by atoms with van der Waals surface area (Å²) >= 11 is 0. The first kappa shape index (κ1) is 20.8. The zero-order chi connectivity index (χ0) is 21.4. The summed E-state index contributed by atoms with van der Waals surface area (Å²) in [5.41, 5.74) is 5.11. The number of carbonyl (C=O) groups is 1. The summed E-state index contributed by atoms with van der Waals surface area (Å²) < 4.78 is 1.94. The predicted octanol–water partition coefficient (Wildman–Crippen LogP) is 1.68. The molecule has 0 atom stereocenters. The molecule has 8 heteroatoms. The normalized spacial score (nSPS) is 17.9. The van der Waals surface area contributed by atoms with Gasteiger partial charge in [0.05, 0.1) is 17.0 Å². The monoisotopic (exact) mass is 412 g/mol. The Bertz CT molecular complexity index is 1000. The summed E-state index contributed by atoms with van der Waals surface area (Å²) in [6.07, 6.45) is 2.97. The number of hydrogen-bond acceptors (Lipinski definition) is 5. The first-order valence-corrected chi connectivity index (χ1v) is 10.9. The van der Waals surface area contributed by atoms with Gasteiger partial charge in [0, 0.05) is 57.2 Å². The van der Waals surface area contributed by atoms with Crippen molar-refractivity contribution in [2.75, 3.05) is 26.7 Å². The average molecular weight is 413 g/mol. The minimum absolute atomic E-state index is 0.000218. The fraction of sp³-hybridized carbons (Fsp3) is 0.636. The molecule has 0 spiro atoms. The number of carbonyl (C=O) groups excluding carboxylic acids is 1. The molecular weight excluding hydrogens is 380 g/mol. The van der Waals surface area contributed by atoms with Crippen molar-refractivity contribution in [1.29, 1.82) is 0 Å². The maximum Gasteiger partial charge on any atom is 0.255 e. The van der Waals surface area contributed by atoms with Crippen LogP contribution in [0.1, 0.15) is 59.2 Å². The van der Waals surface area contributed by atoms with Crippen molar-refractivity contribution in [2.24, 2.45) is 0 Å². The van der Waals surface area contributed by atoms with Crippen molar-refractivity contribution in [3.63, 3.8) is 0 Å². The average Bonchev–Trinajstić information content (AvgIpc) is 2.99. The Hall–Kier alpha value is -2.48. The third-order valence-corrected chi connectivity index (χ3v) is 6.79. The summed E-state index contributed by atoms with van der Waals surface area (Å²) in [5, 5.41) is 4.53. The SMILES string of the molecule is Cc1nn(CCC(=O)N2CCC(c3nc4c(c(=O)[nH]3)CN(C)CC4)CC2)c(C)c1C. The highest BCUT2D eigenvalue weighted by Gasteiger charge is 2.27. The van der Waals surface area contributed by atoms with Gasteiger partial charge in [-0.3, -0.25) is 14.3 Å². The van der Waals surface area contributed by atoms with Crippen molar-refractivity contribution in [3.8, 4) is 0 Å². The van der Waals surface area contributed by atoms with E-state index in [2.05, 4.69) is 28.8 Å². The Morgan fingerprint density at radius 2 is 1.90 bits per heavy atom. The van der Waals surface area contributed by atoms with E-state index < -0.39 is 0 Å². The number of aromatic nitrogens is 4. The molecule has 162 valence electrons. The molecular formula is C22H32N6O2. The highest BCUT2D eigenvalue weighted by atomic mass is 16.2. The van der Waals surface area contributed by atoms with Crippen LogP contribution in [0.2, 0.25) is 0 Å². The van der Waals surface area contributed by atoms with Crippen LogP contribution in [0.4, 0.5) is 0 Å². The van der Waals surface area contributed by atoms with Crippen LogP contribution in [0, 0.1) is 20.8 Å². The van der Waals surface area contributed by atoms with Crippen LogP contribution in [-0.2, 0) is 24.3 Å². The highest BCUT2D eigenvalue weighted by molar-refractivity contribution is 5.76. The minimum Gasteiger partial charge on any atom is -0.343 e. The molecule has 8 nitrogen and oxygen atoms in total. The van der Waals surface area contributed by atoms with E-state index in [9.17, 15) is 9.59 Å². The van der Waals surface area contributed by atoms with Crippen LogP contribution < -0.4 is 5.56 Å². The van der Waals surface area contributed by atoms with Gasteiger partial charge in [-0.05, 0) is 46.2 Å². The van der Waals surface area contributed by atoms with Crippen LogP contribution in [0.15, 0.2) is 4.79 Å². The molecule has 0 aromatic carbocycles. The van der Waals surface area contributed by atoms with Gasteiger partial charge in [-0.15, -0.1) is 0 Å². The van der Waals surface area contributed by atoms with Crippen molar-refractivity contribution in [2.45, 2.75) is 65.5 Å². The lowest BCUT2D eigenvalue weighted by atomic mass is 9.95. The zero-order valence-electron chi connectivity index (χ0n) is 18.5. The third kappa shape index (κ3) is 4.05. The standard InChI is InChI=1S/C22H32N6O2/c1-14-15(2)25-28(16(14)3)12-8-20(29)27-10-5-17(6-11-27)21-23-19-7-9-26(4)13-18(19)22(30)24-21/h17H,5-13H2,1-4H3,(H,23,24,30). The van der Waals surface area contributed by atoms with Gasteiger partial charge in [-0.2, -0.15) is 5.10 Å². The second kappa shape index (κ2) is 8.34. The molecule has 1 saturated heterocycles. The van der Waals surface area contributed by atoms with Gasteiger partial charge in [0.2, 0.25) is 5.91 Å². The molecule has 2 aromatic rings. The number of piperidine rings is 1. The number of amides is 1. The van der Waals surface area contributed by atoms with Crippen LogP contribution in [0.25, 0.3) is 0 Å². The number of rotatable bonds is 4. The largest absolute Gasteiger partial charge is 0.343 e. The smallest absolute Gasteiger partial charge is 0.255 e. The van der Waals surface area contributed by atoms with Gasteiger partial charge in [0.15, 0.2) is 0 Å². The number of nitrogens with zero attached hydrogens (tertiary/aromatic N) is 5. The van der Waals surface area contributed by atoms with Crippen molar-refractivity contribution in [1.82, 2.24) is 29.5 Å². The molecule has 2 aliphatic heterocycles. The molecule has 2 aliphatic rings. The number of fused-ring (bicyclic) bond motifs is 1. The van der Waals surface area contributed by atoms with Gasteiger partial charge in [-0.25, -0.2) is 4.98 Å². The van der Waals surface area contributed by atoms with Crippen LogP contribution in [0.3, 0.4) is 0 Å². The van der Waals surface area contributed by atoms with Crippen LogP contribution in [0.5, 0.6) is 0 Å². The topological polar surface area (TPSA) is 87.1 Å². The number of likely N-dealkylation sites (tertiary alicyclic amines) is 1. The number of likely N-dealkylation sites (N-methyl/N-ethyl adjacent to an activating group) is 1. The molecule has 30 heavy (non-hydrogen) atoms. The zero-order valence-corrected chi connectivity index (χ0v) is 18.5. The van der Waals surface area contributed by atoms with E-state index in [-0.39, 0.29) is 17.4 Å². The van der Waals surface area contributed by atoms with Gasteiger partial charge in [0.25, 0.3) is 5.56 Å². The number of aromatic amines is 1. The van der Waals surface area contributed by atoms with E-state index in [4.69, 9.17) is 4.98 Å². The van der Waals surface area contributed by atoms with Gasteiger partial charge >= 0.3 is 0 Å². The first-order valence-electron chi connectivity index (χ1n) is 10.9. The summed E-state index contributed by atoms with van der Waals surface area (Å²) in [5.74, 6) is 1.19. The minimum atomic E-state index is 0.000218. The Morgan fingerprint density at radius 1 is 1.17 bits per heavy atom. The Labute approximate surface area is 177 Å². The number of aryl methyl sites for hydroxylation is 2. The summed E-state index contributed by atoms with van der Waals surface area (Å²) in [7, 11) is 2.03. The van der Waals surface area contributed by atoms with E-state index in [0.29, 0.717) is 32.6 Å². The number of nitrogens with one attached hydrogen (secondary N) is 1. The van der Waals surface area contributed by atoms with Gasteiger partial charge < -0.3 is 14.8 Å². The van der Waals surface area contributed by atoms with Crippen molar-refractivity contribution < 1.29 is 4.79 Å². The fourth-order valence-electron chi connectivity index (χ4n) is 4.54. The lowest BCUT2D eigenvalue weighted by molar-refractivity contribution is -0.132. The van der Waals surface area contributed by atoms with E-state index >= 15 is 0 Å². The molecule has 0 saturated carbocycles. The molecule has 2 aromatic heterocycles. The molecule has 0 unspecified atom stereocenters. The maximum atomic E-state index is 12.7. The second-order valence-corrected chi connectivity index (χ2v) is 8.79. The van der Waals surface area contributed by atoms with E-state index in [1.54, 1.807) is 0 Å². The van der Waals surface area contributed by atoms with Crippen LogP contribution >= 0.6 is 0 Å². The van der Waals surface area contributed by atoms with E-state index in [0.717, 1.165) is 54.3 Å². The molecule has 1 fully saturated rings. The second-order valence-electron chi connectivity index (χ2n) is 8.79. The summed E-state index contributed by atoms with van der Waals surface area (Å²) in [4.78, 5) is 37.1. The lowest BCUT2D eigenvalue weighted by Crippen LogP contribution is -2.39. The van der Waals surface area contributed by atoms with Gasteiger partial charge in [-0.1, -0.05) is 0 Å². The quantitative estimate of drug-likeness (QED) is 0.826. The fourth-order valence-corrected chi connectivity index (χ4v) is 4.54. The molecule has 0 bridgehead atoms. The van der Waals surface area contributed by atoms with Crippen molar-refractivity contribution >= 4 is 5.91 Å². The first-order chi connectivity index (χ1) is 14.3. The summed E-state index contributed by atoms with van der Waals surface area (Å²) in [6.45, 7) is 9.76. The molecule has 4 heterocycles. The Balaban J connectivity index is 1.35. The van der Waals surface area contributed by atoms with E-state index in [1.807, 2.05) is 23.6 Å². The van der Waals surface area contributed by atoms with E-state index in [1.165, 1.54) is 5.56 Å². The lowest BCUT2D eigenvalue weighted by Gasteiger charge is -2.32. The molecule has 0 radical (unpaired) electrons. The molecule has 1 amide bonds.